The van der Waals surface area contributed by atoms with E-state index in [1.54, 1.807) is 18.2 Å². The summed E-state index contributed by atoms with van der Waals surface area (Å²) in [7, 11) is 0. The molecular weight excluding hydrogens is 208 g/mol. The highest BCUT2D eigenvalue weighted by Gasteiger charge is 2.68. The molecule has 2 rings (SSSR count). The van der Waals surface area contributed by atoms with Crippen molar-refractivity contribution in [2.75, 3.05) is 6.54 Å². The molecule has 0 heterocycles. The van der Waals surface area contributed by atoms with E-state index in [1.807, 2.05) is 13.8 Å². The van der Waals surface area contributed by atoms with E-state index in [9.17, 15) is 8.78 Å². The van der Waals surface area contributed by atoms with E-state index in [4.69, 9.17) is 5.73 Å². The summed E-state index contributed by atoms with van der Waals surface area (Å²) in [5, 5.41) is 0. The SMILES string of the molecule is CC1(C)[C@H](CN)[C@H]1C(F)(F)c1ccccc1. The molecule has 1 aromatic carbocycles. The summed E-state index contributed by atoms with van der Waals surface area (Å²) in [6.07, 6.45) is 0. The number of hydrogen-bond donors (Lipinski definition) is 1. The standard InChI is InChI=1S/C13H17F2N/c1-12(2)10(8-16)11(12)13(14,15)9-6-4-3-5-7-9/h3-7,10-11H,8,16H2,1-2H3/t10-,11-/m1/s1. The van der Waals surface area contributed by atoms with Crippen molar-refractivity contribution in [3.8, 4) is 0 Å². The van der Waals surface area contributed by atoms with Crippen LogP contribution in [0.3, 0.4) is 0 Å². The lowest BCUT2D eigenvalue weighted by molar-refractivity contribution is -0.0424. The lowest BCUT2D eigenvalue weighted by Gasteiger charge is -2.18. The summed E-state index contributed by atoms with van der Waals surface area (Å²) < 4.78 is 28.4. The normalized spacial score (nSPS) is 27.8. The monoisotopic (exact) mass is 225 g/mol. The van der Waals surface area contributed by atoms with Gasteiger partial charge >= 0.3 is 0 Å². The lowest BCUT2D eigenvalue weighted by atomic mass is 9.99. The van der Waals surface area contributed by atoms with Crippen LogP contribution in [0.15, 0.2) is 30.3 Å². The highest BCUT2D eigenvalue weighted by molar-refractivity contribution is 5.26. The van der Waals surface area contributed by atoms with E-state index < -0.39 is 11.8 Å². The maximum Gasteiger partial charge on any atom is 0.276 e. The van der Waals surface area contributed by atoms with E-state index in [0.29, 0.717) is 6.54 Å². The molecule has 88 valence electrons. The van der Waals surface area contributed by atoms with Crippen LogP contribution in [-0.4, -0.2) is 6.54 Å². The first-order chi connectivity index (χ1) is 7.42. The Bertz CT molecular complexity index is 373. The van der Waals surface area contributed by atoms with Crippen LogP contribution in [0.1, 0.15) is 19.4 Å². The number of hydrogen-bond acceptors (Lipinski definition) is 1. The molecule has 2 atom stereocenters. The van der Waals surface area contributed by atoms with Crippen LogP contribution in [0, 0.1) is 17.3 Å². The number of benzene rings is 1. The fourth-order valence-electron chi connectivity index (χ4n) is 2.74. The Hall–Kier alpha value is -0.960. The molecule has 1 fully saturated rings. The van der Waals surface area contributed by atoms with Gasteiger partial charge in [0.2, 0.25) is 0 Å². The fraction of sp³-hybridized carbons (Fsp3) is 0.538. The number of nitrogens with two attached hydrogens (primary N) is 1. The minimum Gasteiger partial charge on any atom is -0.330 e. The highest BCUT2D eigenvalue weighted by Crippen LogP contribution is 2.66. The molecule has 2 N–H and O–H groups in total. The first-order valence-corrected chi connectivity index (χ1v) is 5.55. The molecular formula is C13H17F2N. The molecule has 0 aliphatic heterocycles. The van der Waals surface area contributed by atoms with E-state index in [0.717, 1.165) is 0 Å². The quantitative estimate of drug-likeness (QED) is 0.840. The predicted molar refractivity (Wildman–Crippen MR) is 60.2 cm³/mol. The number of alkyl halides is 2. The third kappa shape index (κ3) is 1.54. The molecule has 1 saturated carbocycles. The summed E-state index contributed by atoms with van der Waals surface area (Å²) in [4.78, 5) is 0. The summed E-state index contributed by atoms with van der Waals surface area (Å²) in [6.45, 7) is 4.07. The van der Waals surface area contributed by atoms with Crippen molar-refractivity contribution >= 4 is 0 Å². The molecule has 3 heteroatoms. The summed E-state index contributed by atoms with van der Waals surface area (Å²) >= 11 is 0. The predicted octanol–water partition coefficient (Wildman–Crippen LogP) is 3.01. The van der Waals surface area contributed by atoms with Gasteiger partial charge in [-0.1, -0.05) is 44.2 Å². The summed E-state index contributed by atoms with van der Waals surface area (Å²) in [6, 6.07) is 8.02. The van der Waals surface area contributed by atoms with Gasteiger partial charge in [0.15, 0.2) is 0 Å². The Kier molecular flexibility index (Phi) is 2.54. The van der Waals surface area contributed by atoms with Crippen molar-refractivity contribution in [1.29, 1.82) is 0 Å². The Balaban J connectivity index is 2.28. The molecule has 0 aromatic heterocycles. The average molecular weight is 225 g/mol. The van der Waals surface area contributed by atoms with E-state index >= 15 is 0 Å². The fourth-order valence-corrected chi connectivity index (χ4v) is 2.74. The smallest absolute Gasteiger partial charge is 0.276 e. The van der Waals surface area contributed by atoms with Gasteiger partial charge in [0.05, 0.1) is 0 Å². The molecule has 1 aliphatic carbocycles. The molecule has 1 nitrogen and oxygen atoms in total. The largest absolute Gasteiger partial charge is 0.330 e. The zero-order chi connectivity index (χ0) is 12.0. The zero-order valence-electron chi connectivity index (χ0n) is 9.58. The molecule has 1 aliphatic rings. The minimum absolute atomic E-state index is 0.0808. The first kappa shape index (κ1) is 11.5. The van der Waals surface area contributed by atoms with E-state index in [2.05, 4.69) is 0 Å². The Morgan fingerprint density at radius 3 is 2.25 bits per heavy atom. The van der Waals surface area contributed by atoms with Crippen LogP contribution in [0.4, 0.5) is 8.78 Å². The van der Waals surface area contributed by atoms with Crippen molar-refractivity contribution in [3.05, 3.63) is 35.9 Å². The van der Waals surface area contributed by atoms with Gasteiger partial charge in [0, 0.05) is 11.5 Å². The van der Waals surface area contributed by atoms with Crippen LogP contribution in [0.25, 0.3) is 0 Å². The Morgan fingerprint density at radius 2 is 1.81 bits per heavy atom. The van der Waals surface area contributed by atoms with Gasteiger partial charge in [0.1, 0.15) is 0 Å². The van der Waals surface area contributed by atoms with Gasteiger partial charge in [-0.15, -0.1) is 0 Å². The highest BCUT2D eigenvalue weighted by atomic mass is 19.3. The van der Waals surface area contributed by atoms with Crippen LogP contribution < -0.4 is 5.73 Å². The third-order valence-electron chi connectivity index (χ3n) is 3.85. The van der Waals surface area contributed by atoms with Crippen LogP contribution in [-0.2, 0) is 5.92 Å². The lowest BCUT2D eigenvalue weighted by Crippen LogP contribution is -2.20. The van der Waals surface area contributed by atoms with Crippen molar-refractivity contribution in [3.63, 3.8) is 0 Å². The van der Waals surface area contributed by atoms with E-state index in [1.165, 1.54) is 12.1 Å². The second-order valence-electron chi connectivity index (χ2n) is 5.13. The molecule has 0 spiro atoms. The van der Waals surface area contributed by atoms with Crippen molar-refractivity contribution in [1.82, 2.24) is 0 Å². The number of halogens is 2. The van der Waals surface area contributed by atoms with Gasteiger partial charge in [-0.3, -0.25) is 0 Å². The second-order valence-corrected chi connectivity index (χ2v) is 5.13. The van der Waals surface area contributed by atoms with Crippen molar-refractivity contribution < 1.29 is 8.78 Å². The maximum absolute atomic E-state index is 14.2. The van der Waals surface area contributed by atoms with Crippen molar-refractivity contribution in [2.45, 2.75) is 19.8 Å². The van der Waals surface area contributed by atoms with Gasteiger partial charge in [-0.05, 0) is 17.9 Å². The van der Waals surface area contributed by atoms with Crippen molar-refractivity contribution in [2.24, 2.45) is 23.0 Å². The van der Waals surface area contributed by atoms with Crippen LogP contribution in [0.2, 0.25) is 0 Å². The molecule has 1 aromatic rings. The maximum atomic E-state index is 14.2. The van der Waals surface area contributed by atoms with Gasteiger partial charge in [-0.25, -0.2) is 8.78 Å². The van der Waals surface area contributed by atoms with Gasteiger partial charge in [-0.2, -0.15) is 0 Å². The van der Waals surface area contributed by atoms with Crippen LogP contribution >= 0.6 is 0 Å². The summed E-state index contributed by atoms with van der Waals surface area (Å²) in [5.41, 5.74) is 5.29. The zero-order valence-corrected chi connectivity index (χ0v) is 9.58. The third-order valence-corrected chi connectivity index (χ3v) is 3.85. The van der Waals surface area contributed by atoms with Gasteiger partial charge in [0.25, 0.3) is 5.92 Å². The first-order valence-electron chi connectivity index (χ1n) is 5.55. The molecule has 0 unspecified atom stereocenters. The average Bonchev–Trinajstić information content (AvgIpc) is 2.82. The molecule has 0 radical (unpaired) electrons. The summed E-state index contributed by atoms with van der Waals surface area (Å²) in [5.74, 6) is -3.48. The molecule has 0 amide bonds. The van der Waals surface area contributed by atoms with E-state index in [-0.39, 0.29) is 16.9 Å². The Labute approximate surface area is 94.7 Å². The molecule has 0 saturated heterocycles. The van der Waals surface area contributed by atoms with Gasteiger partial charge < -0.3 is 5.73 Å². The topological polar surface area (TPSA) is 26.0 Å². The Morgan fingerprint density at radius 1 is 1.25 bits per heavy atom. The molecule has 0 bridgehead atoms. The number of rotatable bonds is 3. The second kappa shape index (κ2) is 3.52. The molecule has 16 heavy (non-hydrogen) atoms. The minimum atomic E-state index is -2.77. The van der Waals surface area contributed by atoms with Crippen LogP contribution in [0.5, 0.6) is 0 Å².